The van der Waals surface area contributed by atoms with Crippen molar-refractivity contribution in [2.45, 2.75) is 33.6 Å². The first kappa shape index (κ1) is 19.9. The lowest BCUT2D eigenvalue weighted by atomic mass is 10.0. The molecule has 0 bridgehead atoms. The van der Waals surface area contributed by atoms with Crippen LogP contribution >= 0.6 is 0 Å². The highest BCUT2D eigenvalue weighted by Gasteiger charge is 2.27. The van der Waals surface area contributed by atoms with Crippen molar-refractivity contribution in [3.05, 3.63) is 58.4 Å². The molecule has 0 aliphatic carbocycles. The first-order chi connectivity index (χ1) is 13.4. The van der Waals surface area contributed by atoms with Gasteiger partial charge in [0.15, 0.2) is 5.78 Å². The molecule has 3 rings (SSSR count). The van der Waals surface area contributed by atoms with Crippen LogP contribution in [0.1, 0.15) is 62.7 Å². The zero-order valence-electron chi connectivity index (χ0n) is 16.7. The van der Waals surface area contributed by atoms with Gasteiger partial charge in [0.1, 0.15) is 5.69 Å². The van der Waals surface area contributed by atoms with Crippen molar-refractivity contribution >= 4 is 17.6 Å². The summed E-state index contributed by atoms with van der Waals surface area (Å²) in [5.41, 5.74) is 3.33. The number of hydrogen-bond acceptors (Lipinski definition) is 3. The summed E-state index contributed by atoms with van der Waals surface area (Å²) in [5.74, 6) is -0.125. The topological polar surface area (TPSA) is 73.5 Å². The van der Waals surface area contributed by atoms with E-state index in [9.17, 15) is 14.4 Å². The van der Waals surface area contributed by atoms with Crippen LogP contribution in [0.5, 0.6) is 0 Å². The molecule has 1 N–H and O–H groups in total. The van der Waals surface area contributed by atoms with Crippen LogP contribution in [0.3, 0.4) is 0 Å². The smallest absolute Gasteiger partial charge is 0.270 e. The van der Waals surface area contributed by atoms with Crippen molar-refractivity contribution in [2.24, 2.45) is 0 Å². The van der Waals surface area contributed by atoms with Gasteiger partial charge in [0.25, 0.3) is 11.8 Å². The number of benzene rings is 1. The number of ketones is 1. The molecular formula is C22H27N3O3. The molecule has 1 aliphatic rings. The number of rotatable bonds is 4. The van der Waals surface area contributed by atoms with Gasteiger partial charge in [-0.2, -0.15) is 0 Å². The van der Waals surface area contributed by atoms with E-state index in [1.807, 2.05) is 49.1 Å². The molecule has 1 aliphatic heterocycles. The van der Waals surface area contributed by atoms with E-state index in [2.05, 4.69) is 4.98 Å². The first-order valence-corrected chi connectivity index (χ1v) is 9.80. The Morgan fingerprint density at radius 3 is 2.14 bits per heavy atom. The van der Waals surface area contributed by atoms with E-state index in [0.29, 0.717) is 49.4 Å². The largest absolute Gasteiger partial charge is 0.354 e. The monoisotopic (exact) mass is 381 g/mol. The van der Waals surface area contributed by atoms with Gasteiger partial charge in [-0.25, -0.2) is 0 Å². The molecule has 0 spiro atoms. The normalized spacial score (nSPS) is 14.7. The highest BCUT2D eigenvalue weighted by molar-refractivity contribution is 6.02. The van der Waals surface area contributed by atoms with E-state index in [4.69, 9.17) is 0 Å². The van der Waals surface area contributed by atoms with Crippen LogP contribution in [0.4, 0.5) is 0 Å². The van der Waals surface area contributed by atoms with E-state index < -0.39 is 0 Å². The number of aromatic nitrogens is 1. The van der Waals surface area contributed by atoms with Crippen LogP contribution in [-0.4, -0.2) is 58.6 Å². The first-order valence-electron chi connectivity index (χ1n) is 9.80. The Balaban J connectivity index is 1.76. The van der Waals surface area contributed by atoms with Gasteiger partial charge >= 0.3 is 0 Å². The average molecular weight is 381 g/mol. The lowest BCUT2D eigenvalue weighted by Gasteiger charge is -2.22. The van der Waals surface area contributed by atoms with E-state index in [1.165, 1.54) is 6.92 Å². The molecule has 2 amide bonds. The average Bonchev–Trinajstić information content (AvgIpc) is 2.87. The fourth-order valence-corrected chi connectivity index (χ4v) is 3.93. The molecule has 0 saturated carbocycles. The number of amides is 2. The zero-order chi connectivity index (χ0) is 20.3. The molecule has 148 valence electrons. The number of nitrogens with one attached hydrogen (secondary N) is 1. The number of H-pyrrole nitrogens is 1. The van der Waals surface area contributed by atoms with Crippen molar-refractivity contribution in [1.29, 1.82) is 0 Å². The van der Waals surface area contributed by atoms with Crippen LogP contribution in [-0.2, 0) is 6.42 Å². The fraction of sp³-hybridized carbons (Fsp3) is 0.409. The van der Waals surface area contributed by atoms with Gasteiger partial charge < -0.3 is 14.8 Å². The predicted octanol–water partition coefficient (Wildman–Crippen LogP) is 3.08. The lowest BCUT2D eigenvalue weighted by Crippen LogP contribution is -2.37. The van der Waals surface area contributed by atoms with Crippen LogP contribution in [0, 0.1) is 6.92 Å². The Bertz CT molecular complexity index is 886. The third kappa shape index (κ3) is 3.86. The minimum atomic E-state index is -0.0959. The van der Waals surface area contributed by atoms with Crippen LogP contribution in [0.2, 0.25) is 0 Å². The Kier molecular flexibility index (Phi) is 5.97. The summed E-state index contributed by atoms with van der Waals surface area (Å²) >= 11 is 0. The number of nitrogens with zero attached hydrogens (tertiary/aromatic N) is 2. The molecule has 1 aromatic carbocycles. The third-order valence-corrected chi connectivity index (χ3v) is 5.30. The molecule has 28 heavy (non-hydrogen) atoms. The zero-order valence-corrected chi connectivity index (χ0v) is 16.7. The molecule has 0 atom stereocenters. The summed E-state index contributed by atoms with van der Waals surface area (Å²) in [5, 5.41) is 0. The van der Waals surface area contributed by atoms with Crippen molar-refractivity contribution in [1.82, 2.24) is 14.8 Å². The number of aryl methyl sites for hydroxylation is 1. The molecule has 0 unspecified atom stereocenters. The van der Waals surface area contributed by atoms with E-state index in [1.54, 1.807) is 4.90 Å². The summed E-state index contributed by atoms with van der Waals surface area (Å²) in [6.07, 6.45) is 1.35. The number of Topliss-reactive ketones (excluding diaryl/α,β-unsaturated/α-hetero) is 1. The molecular weight excluding hydrogens is 354 g/mol. The Morgan fingerprint density at radius 2 is 1.57 bits per heavy atom. The SMILES string of the molecule is CCc1c(C(=O)N2CCCN(C(=O)c3ccccc3)CC2)[nH]c(C)c1C(C)=O. The highest BCUT2D eigenvalue weighted by Crippen LogP contribution is 2.22. The standard InChI is InChI=1S/C22H27N3O3/c1-4-18-19(16(3)26)15(2)23-20(18)22(28)25-12-8-11-24(13-14-25)21(27)17-9-6-5-7-10-17/h5-7,9-10,23H,4,8,11-14H2,1-3H3. The minimum absolute atomic E-state index is 0.00118. The number of aromatic amines is 1. The summed E-state index contributed by atoms with van der Waals surface area (Å²) in [7, 11) is 0. The molecule has 0 radical (unpaired) electrons. The van der Waals surface area contributed by atoms with Gasteiger partial charge in [0, 0.05) is 43.0 Å². The maximum absolute atomic E-state index is 13.1. The van der Waals surface area contributed by atoms with Gasteiger partial charge in [0.2, 0.25) is 0 Å². The Morgan fingerprint density at radius 1 is 0.964 bits per heavy atom. The van der Waals surface area contributed by atoms with Crippen LogP contribution in [0.15, 0.2) is 30.3 Å². The second kappa shape index (κ2) is 8.42. The molecule has 1 fully saturated rings. The summed E-state index contributed by atoms with van der Waals surface area (Å²) in [4.78, 5) is 44.5. The van der Waals surface area contributed by atoms with Crippen LogP contribution in [0.25, 0.3) is 0 Å². The highest BCUT2D eigenvalue weighted by atomic mass is 16.2. The van der Waals surface area contributed by atoms with E-state index in [0.717, 1.165) is 17.7 Å². The summed E-state index contributed by atoms with van der Waals surface area (Å²) in [6, 6.07) is 9.22. The van der Waals surface area contributed by atoms with Gasteiger partial charge in [-0.05, 0) is 44.4 Å². The summed E-state index contributed by atoms with van der Waals surface area (Å²) < 4.78 is 0. The quantitative estimate of drug-likeness (QED) is 0.827. The molecule has 1 aromatic heterocycles. The van der Waals surface area contributed by atoms with E-state index in [-0.39, 0.29) is 17.6 Å². The Hall–Kier alpha value is -2.89. The van der Waals surface area contributed by atoms with Gasteiger partial charge in [-0.3, -0.25) is 14.4 Å². The number of hydrogen-bond donors (Lipinski definition) is 1. The third-order valence-electron chi connectivity index (χ3n) is 5.30. The second-order valence-corrected chi connectivity index (χ2v) is 7.19. The minimum Gasteiger partial charge on any atom is -0.354 e. The van der Waals surface area contributed by atoms with Gasteiger partial charge in [0.05, 0.1) is 0 Å². The Labute approximate surface area is 165 Å². The van der Waals surface area contributed by atoms with Crippen LogP contribution < -0.4 is 0 Å². The van der Waals surface area contributed by atoms with Crippen molar-refractivity contribution < 1.29 is 14.4 Å². The number of carbonyl (C=O) groups excluding carboxylic acids is 3. The van der Waals surface area contributed by atoms with Crippen molar-refractivity contribution in [2.75, 3.05) is 26.2 Å². The molecule has 1 saturated heterocycles. The lowest BCUT2D eigenvalue weighted by molar-refractivity contribution is 0.0715. The maximum Gasteiger partial charge on any atom is 0.270 e. The molecule has 6 nitrogen and oxygen atoms in total. The molecule has 2 heterocycles. The molecule has 2 aromatic rings. The maximum atomic E-state index is 13.1. The summed E-state index contributed by atoms with van der Waals surface area (Å²) in [6.45, 7) is 7.51. The van der Waals surface area contributed by atoms with Crippen molar-refractivity contribution in [3.63, 3.8) is 0 Å². The van der Waals surface area contributed by atoms with Crippen molar-refractivity contribution in [3.8, 4) is 0 Å². The number of carbonyl (C=O) groups is 3. The molecule has 6 heteroatoms. The second-order valence-electron chi connectivity index (χ2n) is 7.19. The van der Waals surface area contributed by atoms with E-state index >= 15 is 0 Å². The van der Waals surface area contributed by atoms with Gasteiger partial charge in [-0.15, -0.1) is 0 Å². The fourth-order valence-electron chi connectivity index (χ4n) is 3.93. The van der Waals surface area contributed by atoms with Gasteiger partial charge in [-0.1, -0.05) is 25.1 Å². The predicted molar refractivity (Wildman–Crippen MR) is 108 cm³/mol.